The average Bonchev–Trinajstić information content (AvgIpc) is 3.39. The van der Waals surface area contributed by atoms with E-state index < -0.39 is 29.6 Å². The molecule has 7 nitrogen and oxygen atoms in total. The number of rotatable bonds is 5. The van der Waals surface area contributed by atoms with Crippen LogP contribution < -0.4 is 4.90 Å². The number of carbonyl (C=O) groups is 3. The molecule has 2 fully saturated rings. The summed E-state index contributed by atoms with van der Waals surface area (Å²) in [6, 6.07) is 12.2. The third-order valence-corrected chi connectivity index (χ3v) is 5.53. The molecule has 0 N–H and O–H groups in total. The molecule has 2 aliphatic rings. The summed E-state index contributed by atoms with van der Waals surface area (Å²) < 4.78 is 19.0. The summed E-state index contributed by atoms with van der Waals surface area (Å²) in [5.41, 5.74) is 0.991. The predicted molar refractivity (Wildman–Crippen MR) is 108 cm³/mol. The molecule has 2 unspecified atom stereocenters. The molecule has 0 aromatic heterocycles. The fraction of sp³-hybridized carbons (Fsp3) is 0.304. The molecule has 0 radical (unpaired) electrons. The molecule has 0 aliphatic carbocycles. The van der Waals surface area contributed by atoms with Crippen LogP contribution in [0.1, 0.15) is 35.2 Å². The van der Waals surface area contributed by atoms with Gasteiger partial charge in [0.1, 0.15) is 11.9 Å². The van der Waals surface area contributed by atoms with Crippen LogP contribution in [0.15, 0.2) is 48.5 Å². The summed E-state index contributed by atoms with van der Waals surface area (Å²) in [7, 11) is 0. The van der Waals surface area contributed by atoms with Crippen molar-refractivity contribution < 1.29 is 23.5 Å². The molecule has 2 aliphatic heterocycles. The summed E-state index contributed by atoms with van der Waals surface area (Å²) in [6.07, 6.45) is 1.23. The van der Waals surface area contributed by atoms with Gasteiger partial charge in [-0.3, -0.25) is 14.4 Å². The summed E-state index contributed by atoms with van der Waals surface area (Å²) in [4.78, 5) is 41.6. The van der Waals surface area contributed by atoms with E-state index in [1.165, 1.54) is 53.4 Å². The van der Waals surface area contributed by atoms with E-state index in [9.17, 15) is 18.8 Å². The van der Waals surface area contributed by atoms with Crippen LogP contribution >= 0.6 is 0 Å². The Kier molecular flexibility index (Phi) is 5.78. The lowest BCUT2D eigenvalue weighted by molar-refractivity contribution is -0.122. The summed E-state index contributed by atoms with van der Waals surface area (Å²) >= 11 is 0. The van der Waals surface area contributed by atoms with Crippen molar-refractivity contribution in [1.29, 1.82) is 5.26 Å². The second-order valence-corrected chi connectivity index (χ2v) is 7.55. The Morgan fingerprint density at radius 1 is 1.16 bits per heavy atom. The van der Waals surface area contributed by atoms with Gasteiger partial charge in [-0.2, -0.15) is 5.26 Å². The van der Waals surface area contributed by atoms with Crippen molar-refractivity contribution in [3.63, 3.8) is 0 Å². The highest BCUT2D eigenvalue weighted by atomic mass is 19.1. The van der Waals surface area contributed by atoms with E-state index in [2.05, 4.69) is 0 Å². The molecule has 0 saturated carbocycles. The SMILES string of the molecule is N#Cc1ccc(N2C(=O)CC(N(CC3CCCO3)C(=O)c3ccc(F)cc3)C2=O)cc1. The molecule has 4 rings (SSSR count). The van der Waals surface area contributed by atoms with Crippen molar-refractivity contribution in [3.05, 3.63) is 65.5 Å². The third-order valence-electron chi connectivity index (χ3n) is 5.53. The number of hydrogen-bond acceptors (Lipinski definition) is 5. The molecule has 0 bridgehead atoms. The first-order valence-electron chi connectivity index (χ1n) is 10.0. The maximum Gasteiger partial charge on any atom is 0.257 e. The Morgan fingerprint density at radius 3 is 2.48 bits per heavy atom. The molecular formula is C23H20FN3O4. The van der Waals surface area contributed by atoms with Crippen molar-refractivity contribution in [2.75, 3.05) is 18.1 Å². The first-order chi connectivity index (χ1) is 15.0. The number of carbonyl (C=O) groups excluding carboxylic acids is 3. The zero-order chi connectivity index (χ0) is 22.0. The van der Waals surface area contributed by atoms with Crippen LogP contribution in [0.25, 0.3) is 0 Å². The Labute approximate surface area is 178 Å². The summed E-state index contributed by atoms with van der Waals surface area (Å²) in [5.74, 6) is -1.86. The second-order valence-electron chi connectivity index (χ2n) is 7.55. The smallest absolute Gasteiger partial charge is 0.257 e. The minimum atomic E-state index is -0.982. The molecule has 2 heterocycles. The van der Waals surface area contributed by atoms with E-state index in [0.717, 1.165) is 17.7 Å². The van der Waals surface area contributed by atoms with Gasteiger partial charge in [0.25, 0.3) is 11.8 Å². The van der Waals surface area contributed by atoms with E-state index in [-0.39, 0.29) is 24.6 Å². The van der Waals surface area contributed by atoms with Gasteiger partial charge in [0.2, 0.25) is 5.91 Å². The molecule has 158 valence electrons. The third kappa shape index (κ3) is 4.18. The van der Waals surface area contributed by atoms with Crippen molar-refractivity contribution >= 4 is 23.4 Å². The molecule has 8 heteroatoms. The lowest BCUT2D eigenvalue weighted by Gasteiger charge is -2.30. The number of benzene rings is 2. The Bertz CT molecular complexity index is 1040. The van der Waals surface area contributed by atoms with Gasteiger partial charge in [-0.05, 0) is 61.4 Å². The lowest BCUT2D eigenvalue weighted by Crippen LogP contribution is -2.48. The second kappa shape index (κ2) is 8.66. The van der Waals surface area contributed by atoms with Crippen LogP contribution in [0, 0.1) is 17.1 Å². The van der Waals surface area contributed by atoms with Crippen molar-refractivity contribution in [1.82, 2.24) is 4.90 Å². The van der Waals surface area contributed by atoms with Gasteiger partial charge in [-0.1, -0.05) is 0 Å². The molecule has 31 heavy (non-hydrogen) atoms. The first-order valence-corrected chi connectivity index (χ1v) is 10.0. The quantitative estimate of drug-likeness (QED) is 0.693. The predicted octanol–water partition coefficient (Wildman–Crippen LogP) is 2.65. The van der Waals surface area contributed by atoms with Gasteiger partial charge in [-0.25, -0.2) is 9.29 Å². The highest BCUT2D eigenvalue weighted by molar-refractivity contribution is 6.23. The number of anilines is 1. The fourth-order valence-electron chi connectivity index (χ4n) is 3.93. The Hall–Kier alpha value is -3.57. The van der Waals surface area contributed by atoms with E-state index in [1.54, 1.807) is 0 Å². The van der Waals surface area contributed by atoms with E-state index in [0.29, 0.717) is 17.9 Å². The minimum absolute atomic E-state index is 0.154. The molecule has 2 aromatic rings. The topological polar surface area (TPSA) is 90.7 Å². The normalized spacial score (nSPS) is 20.7. The molecular weight excluding hydrogens is 401 g/mol. The average molecular weight is 421 g/mol. The molecule has 0 spiro atoms. The monoisotopic (exact) mass is 421 g/mol. The van der Waals surface area contributed by atoms with Gasteiger partial charge in [0, 0.05) is 18.7 Å². The first kappa shape index (κ1) is 20.7. The Balaban J connectivity index is 1.63. The Morgan fingerprint density at radius 2 is 1.87 bits per heavy atom. The van der Waals surface area contributed by atoms with Gasteiger partial charge in [0.05, 0.1) is 29.8 Å². The maximum atomic E-state index is 13.3. The zero-order valence-electron chi connectivity index (χ0n) is 16.7. The van der Waals surface area contributed by atoms with Crippen LogP contribution in [0.5, 0.6) is 0 Å². The van der Waals surface area contributed by atoms with Crippen LogP contribution in [0.4, 0.5) is 10.1 Å². The van der Waals surface area contributed by atoms with Gasteiger partial charge in [0.15, 0.2) is 0 Å². The maximum absolute atomic E-state index is 13.3. The fourth-order valence-corrected chi connectivity index (χ4v) is 3.93. The van der Waals surface area contributed by atoms with Crippen LogP contribution in [0.3, 0.4) is 0 Å². The molecule has 2 atom stereocenters. The van der Waals surface area contributed by atoms with Crippen molar-refractivity contribution in [3.8, 4) is 6.07 Å². The minimum Gasteiger partial charge on any atom is -0.376 e. The lowest BCUT2D eigenvalue weighted by atomic mass is 10.1. The standard InChI is InChI=1S/C23H20FN3O4/c24-17-7-5-16(6-8-17)22(29)26(14-19-2-1-11-31-19)20-12-21(28)27(23(20)30)18-9-3-15(13-25)4-10-18/h3-10,19-20H,1-2,11-12,14H2. The van der Waals surface area contributed by atoms with Crippen LogP contribution in [-0.4, -0.2) is 47.9 Å². The number of ether oxygens (including phenoxy) is 1. The highest BCUT2D eigenvalue weighted by Gasteiger charge is 2.45. The van der Waals surface area contributed by atoms with Crippen molar-refractivity contribution in [2.24, 2.45) is 0 Å². The summed E-state index contributed by atoms with van der Waals surface area (Å²) in [6.45, 7) is 0.749. The van der Waals surface area contributed by atoms with Gasteiger partial charge >= 0.3 is 0 Å². The highest BCUT2D eigenvalue weighted by Crippen LogP contribution is 2.28. The number of nitriles is 1. The van der Waals surface area contributed by atoms with Crippen molar-refractivity contribution in [2.45, 2.75) is 31.4 Å². The summed E-state index contributed by atoms with van der Waals surface area (Å²) in [5, 5.41) is 8.96. The number of halogens is 1. The zero-order valence-corrected chi connectivity index (χ0v) is 16.7. The number of imide groups is 1. The van der Waals surface area contributed by atoms with Gasteiger partial charge in [-0.15, -0.1) is 0 Å². The van der Waals surface area contributed by atoms with Crippen LogP contribution in [0.2, 0.25) is 0 Å². The van der Waals surface area contributed by atoms with Gasteiger partial charge < -0.3 is 9.64 Å². The van der Waals surface area contributed by atoms with Crippen LogP contribution in [-0.2, 0) is 14.3 Å². The largest absolute Gasteiger partial charge is 0.376 e. The molecule has 3 amide bonds. The van der Waals surface area contributed by atoms with E-state index in [1.807, 2.05) is 6.07 Å². The molecule has 2 aromatic carbocycles. The molecule has 2 saturated heterocycles. The number of hydrogen-bond donors (Lipinski definition) is 0. The number of amides is 3. The number of nitrogens with zero attached hydrogens (tertiary/aromatic N) is 3. The van der Waals surface area contributed by atoms with E-state index >= 15 is 0 Å². The van der Waals surface area contributed by atoms with E-state index in [4.69, 9.17) is 10.00 Å².